The van der Waals surface area contributed by atoms with Crippen molar-refractivity contribution in [1.29, 1.82) is 0 Å². The van der Waals surface area contributed by atoms with E-state index in [9.17, 15) is 0 Å². The summed E-state index contributed by atoms with van der Waals surface area (Å²) in [6.07, 6.45) is 3.20. The first kappa shape index (κ1) is 26.1. The zero-order valence-electron chi connectivity index (χ0n) is 21.9. The van der Waals surface area contributed by atoms with E-state index in [0.29, 0.717) is 11.5 Å². The predicted octanol–water partition coefficient (Wildman–Crippen LogP) is 8.57. The van der Waals surface area contributed by atoms with Gasteiger partial charge in [0, 0.05) is 38.5 Å². The van der Waals surface area contributed by atoms with Crippen molar-refractivity contribution in [3.8, 4) is 11.1 Å². The zero-order chi connectivity index (χ0) is 27.1. The lowest BCUT2D eigenvalue weighted by atomic mass is 9.98. The summed E-state index contributed by atoms with van der Waals surface area (Å²) in [6, 6.07) is 22.8. The standard InChI is InChI=1S/C31H29BrClN5S/c1-19-9-15-23(16-10-19)35-30(39)29-28(21-11-13-22(32)14-12-21)24-6-3-4-17-37-27(36-38(29)31(24)37)18-34-26-8-5-7-25(33)20(26)2/h5,7-16,34H,3-4,6,17-18H2,1-2H3,(H,35,39). The molecule has 198 valence electrons. The number of aryl methyl sites for hydroxylation is 3. The molecule has 8 heteroatoms. The maximum Gasteiger partial charge on any atom is 0.150 e. The molecule has 0 aliphatic carbocycles. The van der Waals surface area contributed by atoms with E-state index in [1.54, 1.807) is 0 Å². The molecule has 0 radical (unpaired) electrons. The van der Waals surface area contributed by atoms with Crippen LogP contribution in [0.5, 0.6) is 0 Å². The van der Waals surface area contributed by atoms with Crippen LogP contribution in [-0.2, 0) is 19.5 Å². The van der Waals surface area contributed by atoms with Crippen molar-refractivity contribution >= 4 is 61.8 Å². The van der Waals surface area contributed by atoms with E-state index in [2.05, 4.69) is 97.2 Å². The number of aromatic nitrogens is 3. The summed E-state index contributed by atoms with van der Waals surface area (Å²) < 4.78 is 5.49. The number of rotatable bonds is 6. The van der Waals surface area contributed by atoms with E-state index in [4.69, 9.17) is 28.9 Å². The van der Waals surface area contributed by atoms with Gasteiger partial charge in [-0.1, -0.05) is 75.6 Å². The van der Waals surface area contributed by atoms with Crippen LogP contribution in [0.4, 0.5) is 11.4 Å². The molecule has 1 aliphatic heterocycles. The first-order chi connectivity index (χ1) is 18.9. The van der Waals surface area contributed by atoms with Crippen LogP contribution in [-0.4, -0.2) is 19.2 Å². The quantitative estimate of drug-likeness (QED) is 0.187. The Bertz CT molecular complexity index is 1690. The van der Waals surface area contributed by atoms with Crippen molar-refractivity contribution in [3.63, 3.8) is 0 Å². The van der Waals surface area contributed by atoms with Crippen LogP contribution in [0.2, 0.25) is 5.02 Å². The Hall–Kier alpha value is -3.13. The molecular weight excluding hydrogens is 590 g/mol. The van der Waals surface area contributed by atoms with Gasteiger partial charge in [-0.2, -0.15) is 5.10 Å². The first-order valence-electron chi connectivity index (χ1n) is 13.2. The van der Waals surface area contributed by atoms with Gasteiger partial charge in [-0.3, -0.25) is 0 Å². The van der Waals surface area contributed by atoms with Crippen molar-refractivity contribution in [3.05, 3.63) is 104 Å². The molecule has 5 aromatic rings. The van der Waals surface area contributed by atoms with Crippen LogP contribution in [0.15, 0.2) is 71.2 Å². The van der Waals surface area contributed by atoms with Gasteiger partial charge >= 0.3 is 0 Å². The fraction of sp³-hybridized carbons (Fsp3) is 0.226. The fourth-order valence-corrected chi connectivity index (χ4v) is 6.12. The molecule has 2 aromatic heterocycles. The van der Waals surface area contributed by atoms with Gasteiger partial charge in [-0.15, -0.1) is 0 Å². The number of nitrogens with zero attached hydrogens (tertiary/aromatic N) is 3. The lowest BCUT2D eigenvalue weighted by molar-refractivity contribution is 0.619. The maximum absolute atomic E-state index is 6.38. The van der Waals surface area contributed by atoms with E-state index >= 15 is 0 Å². The smallest absolute Gasteiger partial charge is 0.150 e. The summed E-state index contributed by atoms with van der Waals surface area (Å²) >= 11 is 16.1. The highest BCUT2D eigenvalue weighted by atomic mass is 79.9. The van der Waals surface area contributed by atoms with Gasteiger partial charge in [0.25, 0.3) is 0 Å². The fourth-order valence-electron chi connectivity index (χ4n) is 5.37. The summed E-state index contributed by atoms with van der Waals surface area (Å²) in [6.45, 7) is 5.63. The van der Waals surface area contributed by atoms with E-state index in [1.807, 2.05) is 19.1 Å². The van der Waals surface area contributed by atoms with Gasteiger partial charge in [-0.25, -0.2) is 4.52 Å². The highest BCUT2D eigenvalue weighted by molar-refractivity contribution is 9.10. The molecule has 6 rings (SSSR count). The molecule has 1 aliphatic rings. The Morgan fingerprint density at radius 2 is 1.79 bits per heavy atom. The SMILES string of the molecule is Cc1ccc(NC(=S)c2c(-c3ccc(Br)cc3)c3c4n(c(CNc5cccc(Cl)c5C)nn24)CCCC3)cc1. The second kappa shape index (κ2) is 10.8. The molecule has 5 nitrogen and oxygen atoms in total. The molecule has 2 N–H and O–H groups in total. The van der Waals surface area contributed by atoms with Crippen molar-refractivity contribution in [2.24, 2.45) is 0 Å². The van der Waals surface area contributed by atoms with E-state index < -0.39 is 0 Å². The van der Waals surface area contributed by atoms with Gasteiger partial charge in [0.2, 0.25) is 0 Å². The molecule has 39 heavy (non-hydrogen) atoms. The van der Waals surface area contributed by atoms with Gasteiger partial charge < -0.3 is 15.2 Å². The second-order valence-corrected chi connectivity index (χ2v) is 11.8. The lowest BCUT2D eigenvalue weighted by Gasteiger charge is -2.13. The number of anilines is 2. The minimum absolute atomic E-state index is 0.591. The monoisotopic (exact) mass is 617 g/mol. The van der Waals surface area contributed by atoms with Crippen LogP contribution < -0.4 is 10.6 Å². The molecule has 0 unspecified atom stereocenters. The molecule has 3 aromatic carbocycles. The van der Waals surface area contributed by atoms with Crippen molar-refractivity contribution in [1.82, 2.24) is 14.2 Å². The lowest BCUT2D eigenvalue weighted by Crippen LogP contribution is -2.15. The van der Waals surface area contributed by atoms with Crippen LogP contribution in [0, 0.1) is 13.8 Å². The summed E-state index contributed by atoms with van der Waals surface area (Å²) in [5, 5.41) is 13.0. The topological polar surface area (TPSA) is 46.3 Å². The molecule has 0 amide bonds. The molecular formula is C31H29BrClN5S. The van der Waals surface area contributed by atoms with Gasteiger partial charge in [-0.05, 0) is 80.6 Å². The Morgan fingerprint density at radius 1 is 1.03 bits per heavy atom. The van der Waals surface area contributed by atoms with E-state index in [1.165, 1.54) is 11.1 Å². The van der Waals surface area contributed by atoms with E-state index in [-0.39, 0.29) is 0 Å². The summed E-state index contributed by atoms with van der Waals surface area (Å²) in [5.74, 6) is 0.981. The van der Waals surface area contributed by atoms with Crippen LogP contribution in [0.1, 0.15) is 41.1 Å². The Balaban J connectivity index is 1.49. The third-order valence-electron chi connectivity index (χ3n) is 7.42. The molecule has 0 spiro atoms. The Morgan fingerprint density at radius 3 is 2.56 bits per heavy atom. The van der Waals surface area contributed by atoms with Gasteiger partial charge in [0.05, 0.1) is 6.54 Å². The minimum Gasteiger partial charge on any atom is -0.377 e. The molecule has 0 saturated heterocycles. The van der Waals surface area contributed by atoms with Gasteiger partial charge in [0.15, 0.2) is 5.82 Å². The molecule has 3 heterocycles. The number of nitrogens with one attached hydrogen (secondary N) is 2. The summed E-state index contributed by atoms with van der Waals surface area (Å²) in [7, 11) is 0. The Labute approximate surface area is 247 Å². The molecule has 0 atom stereocenters. The predicted molar refractivity (Wildman–Crippen MR) is 169 cm³/mol. The van der Waals surface area contributed by atoms with Crippen molar-refractivity contribution in [2.45, 2.75) is 46.2 Å². The largest absolute Gasteiger partial charge is 0.377 e. The number of halogens is 2. The number of hydrogen-bond acceptors (Lipinski definition) is 3. The van der Waals surface area contributed by atoms with Crippen LogP contribution in [0.3, 0.4) is 0 Å². The maximum atomic E-state index is 6.38. The second-order valence-electron chi connectivity index (χ2n) is 10.1. The van der Waals surface area contributed by atoms with Gasteiger partial charge in [0.1, 0.15) is 16.3 Å². The number of hydrogen-bond donors (Lipinski definition) is 2. The third kappa shape index (κ3) is 4.99. The minimum atomic E-state index is 0.591. The van der Waals surface area contributed by atoms with Crippen LogP contribution >= 0.6 is 39.7 Å². The summed E-state index contributed by atoms with van der Waals surface area (Å²) in [4.78, 5) is 0.661. The summed E-state index contributed by atoms with van der Waals surface area (Å²) in [5.41, 5.74) is 9.90. The average Bonchev–Trinajstić information content (AvgIpc) is 3.33. The van der Waals surface area contributed by atoms with Crippen molar-refractivity contribution in [2.75, 3.05) is 10.6 Å². The zero-order valence-corrected chi connectivity index (χ0v) is 25.1. The first-order valence-corrected chi connectivity index (χ1v) is 14.7. The third-order valence-corrected chi connectivity index (χ3v) is 8.66. The highest BCUT2D eigenvalue weighted by Gasteiger charge is 2.29. The number of thiocarbonyl (C=S) groups is 1. The van der Waals surface area contributed by atoms with Crippen molar-refractivity contribution < 1.29 is 0 Å². The van der Waals surface area contributed by atoms with Crippen LogP contribution in [0.25, 0.3) is 16.8 Å². The highest BCUT2D eigenvalue weighted by Crippen LogP contribution is 2.38. The number of benzene rings is 3. The van der Waals surface area contributed by atoms with E-state index in [0.717, 1.165) is 80.5 Å². The Kier molecular flexibility index (Phi) is 7.23. The normalized spacial score (nSPS) is 12.9. The molecule has 0 fully saturated rings. The average molecular weight is 619 g/mol. The molecule has 0 saturated carbocycles. The molecule has 0 bridgehead atoms.